The molecule has 0 saturated carbocycles. The van der Waals surface area contributed by atoms with E-state index >= 15 is 0 Å². The summed E-state index contributed by atoms with van der Waals surface area (Å²) in [5, 5.41) is 0. The van der Waals surface area contributed by atoms with Crippen LogP contribution in [0.5, 0.6) is 0 Å². The van der Waals surface area contributed by atoms with Crippen LogP contribution in [0.3, 0.4) is 0 Å². The first-order chi connectivity index (χ1) is 14.0. The van der Waals surface area contributed by atoms with E-state index in [2.05, 4.69) is 24.0 Å². The maximum absolute atomic E-state index is 13.4. The molecule has 2 aliphatic rings. The normalized spacial score (nSPS) is 22.7. The molecular formula is C23H31N3O3. The van der Waals surface area contributed by atoms with E-state index in [0.717, 1.165) is 55.8 Å². The van der Waals surface area contributed by atoms with Crippen molar-refractivity contribution in [3.63, 3.8) is 0 Å². The zero-order chi connectivity index (χ0) is 20.4. The fourth-order valence-corrected chi connectivity index (χ4v) is 4.75. The summed E-state index contributed by atoms with van der Waals surface area (Å²) in [6, 6.07) is 8.22. The highest BCUT2D eigenvalue weighted by Gasteiger charge is 2.50. The summed E-state index contributed by atoms with van der Waals surface area (Å²) in [6.45, 7) is 7.71. The van der Waals surface area contributed by atoms with Gasteiger partial charge in [0.2, 0.25) is 11.8 Å². The highest BCUT2D eigenvalue weighted by Crippen LogP contribution is 2.39. The lowest BCUT2D eigenvalue weighted by Crippen LogP contribution is -2.60. The molecule has 2 aliphatic heterocycles. The molecule has 1 unspecified atom stereocenters. The number of ether oxygens (including phenoxy) is 1. The van der Waals surface area contributed by atoms with Gasteiger partial charge in [0, 0.05) is 32.3 Å². The quantitative estimate of drug-likeness (QED) is 0.746. The molecule has 1 spiro atoms. The molecule has 2 aromatic rings. The van der Waals surface area contributed by atoms with Gasteiger partial charge in [-0.05, 0) is 58.2 Å². The molecule has 2 saturated heterocycles. The zero-order valence-electron chi connectivity index (χ0n) is 17.7. The molecule has 156 valence electrons. The van der Waals surface area contributed by atoms with Gasteiger partial charge in [0.15, 0.2) is 0 Å². The van der Waals surface area contributed by atoms with Crippen molar-refractivity contribution in [1.29, 1.82) is 0 Å². The Bertz CT molecular complexity index is 861. The molecule has 1 aromatic carbocycles. The van der Waals surface area contributed by atoms with E-state index in [1.807, 2.05) is 24.0 Å². The van der Waals surface area contributed by atoms with Gasteiger partial charge in [-0.25, -0.2) is 4.98 Å². The van der Waals surface area contributed by atoms with Crippen LogP contribution in [0, 0.1) is 13.8 Å². The summed E-state index contributed by atoms with van der Waals surface area (Å²) in [5.74, 6) is 1.75. The average Bonchev–Trinajstić information content (AvgIpc) is 3.28. The highest BCUT2D eigenvalue weighted by molar-refractivity contribution is 5.87. The van der Waals surface area contributed by atoms with Crippen LogP contribution in [-0.2, 0) is 16.1 Å². The molecule has 0 radical (unpaired) electrons. The zero-order valence-corrected chi connectivity index (χ0v) is 17.7. The lowest BCUT2D eigenvalue weighted by Gasteiger charge is -2.44. The second-order valence-electron chi connectivity index (χ2n) is 8.33. The van der Waals surface area contributed by atoms with Gasteiger partial charge in [0.25, 0.3) is 0 Å². The first kappa shape index (κ1) is 20.1. The molecule has 0 bridgehead atoms. The number of rotatable bonds is 6. The first-order valence-electron chi connectivity index (χ1n) is 10.6. The summed E-state index contributed by atoms with van der Waals surface area (Å²) in [7, 11) is 1.69. The highest BCUT2D eigenvalue weighted by atomic mass is 16.5. The van der Waals surface area contributed by atoms with Crippen molar-refractivity contribution in [3.8, 4) is 11.5 Å². The van der Waals surface area contributed by atoms with Crippen LogP contribution in [0.2, 0.25) is 0 Å². The number of likely N-dealkylation sites (tertiary alicyclic amines) is 2. The Morgan fingerprint density at radius 3 is 2.59 bits per heavy atom. The Labute approximate surface area is 172 Å². The number of carbonyl (C=O) groups excluding carboxylic acids is 1. The Morgan fingerprint density at radius 1 is 1.14 bits per heavy atom. The molecule has 29 heavy (non-hydrogen) atoms. The largest absolute Gasteiger partial charge is 0.441 e. The van der Waals surface area contributed by atoms with Gasteiger partial charge < -0.3 is 14.1 Å². The molecule has 4 rings (SSSR count). The van der Waals surface area contributed by atoms with Crippen LogP contribution in [0.4, 0.5) is 0 Å². The van der Waals surface area contributed by atoms with Crippen LogP contribution in [0.25, 0.3) is 11.5 Å². The van der Waals surface area contributed by atoms with Crippen LogP contribution < -0.4 is 0 Å². The number of hydrogen-bond donors (Lipinski definition) is 0. The van der Waals surface area contributed by atoms with E-state index in [9.17, 15) is 4.79 Å². The van der Waals surface area contributed by atoms with Crippen molar-refractivity contribution in [1.82, 2.24) is 14.8 Å². The number of aryl methyl sites for hydroxylation is 2. The smallest absolute Gasteiger partial charge is 0.243 e. The Balaban J connectivity index is 1.54. The monoisotopic (exact) mass is 397 g/mol. The third kappa shape index (κ3) is 3.83. The Morgan fingerprint density at radius 2 is 1.86 bits per heavy atom. The van der Waals surface area contributed by atoms with Gasteiger partial charge in [0.1, 0.15) is 11.3 Å². The average molecular weight is 398 g/mol. The fraction of sp³-hybridized carbons (Fsp3) is 0.565. The lowest BCUT2D eigenvalue weighted by molar-refractivity contribution is -0.148. The van der Waals surface area contributed by atoms with Gasteiger partial charge in [-0.2, -0.15) is 0 Å². The van der Waals surface area contributed by atoms with Crippen molar-refractivity contribution in [2.24, 2.45) is 0 Å². The van der Waals surface area contributed by atoms with Crippen LogP contribution in [0.15, 0.2) is 28.7 Å². The van der Waals surface area contributed by atoms with E-state index in [-0.39, 0.29) is 11.4 Å². The lowest BCUT2D eigenvalue weighted by atomic mass is 9.85. The summed E-state index contributed by atoms with van der Waals surface area (Å²) < 4.78 is 11.2. The molecule has 1 aromatic heterocycles. The third-order valence-corrected chi connectivity index (χ3v) is 6.42. The van der Waals surface area contributed by atoms with Gasteiger partial charge in [-0.3, -0.25) is 9.69 Å². The number of piperidine rings is 1. The van der Waals surface area contributed by atoms with Crippen LogP contribution in [-0.4, -0.2) is 59.6 Å². The van der Waals surface area contributed by atoms with Crippen LogP contribution in [0.1, 0.15) is 42.7 Å². The van der Waals surface area contributed by atoms with Crippen molar-refractivity contribution in [2.75, 3.05) is 33.4 Å². The van der Waals surface area contributed by atoms with Crippen molar-refractivity contribution >= 4 is 5.91 Å². The predicted octanol–water partition coefficient (Wildman–Crippen LogP) is 3.56. The molecule has 2 fully saturated rings. The van der Waals surface area contributed by atoms with Crippen molar-refractivity contribution < 1.29 is 13.9 Å². The van der Waals surface area contributed by atoms with Gasteiger partial charge in [-0.15, -0.1) is 0 Å². The number of benzene rings is 1. The van der Waals surface area contributed by atoms with Gasteiger partial charge in [0.05, 0.1) is 12.3 Å². The van der Waals surface area contributed by atoms with E-state index in [0.29, 0.717) is 25.6 Å². The number of aromatic nitrogens is 1. The summed E-state index contributed by atoms with van der Waals surface area (Å²) in [6.07, 6.45) is 3.94. The number of carbonyl (C=O) groups is 1. The molecule has 0 aliphatic carbocycles. The minimum atomic E-state index is -0.387. The molecule has 1 amide bonds. The predicted molar refractivity (Wildman–Crippen MR) is 111 cm³/mol. The van der Waals surface area contributed by atoms with E-state index < -0.39 is 0 Å². The SMILES string of the molecule is COCCN1CCCC2(CCCN2Cc2nc(-c3ccc(C)cc3)oc2C)C1=O. The van der Waals surface area contributed by atoms with Crippen molar-refractivity contribution in [3.05, 3.63) is 41.3 Å². The van der Waals surface area contributed by atoms with Crippen LogP contribution >= 0.6 is 0 Å². The van der Waals surface area contributed by atoms with Gasteiger partial charge in [-0.1, -0.05) is 17.7 Å². The fourth-order valence-electron chi connectivity index (χ4n) is 4.75. The molecule has 6 nitrogen and oxygen atoms in total. The van der Waals surface area contributed by atoms with E-state index in [4.69, 9.17) is 14.1 Å². The number of nitrogens with zero attached hydrogens (tertiary/aromatic N) is 3. The Kier molecular flexibility index (Phi) is 5.74. The number of oxazole rings is 1. The maximum atomic E-state index is 13.4. The second kappa shape index (κ2) is 8.28. The minimum Gasteiger partial charge on any atom is -0.441 e. The molecule has 3 heterocycles. The Hall–Kier alpha value is -2.18. The number of hydrogen-bond acceptors (Lipinski definition) is 5. The molecule has 0 N–H and O–H groups in total. The van der Waals surface area contributed by atoms with E-state index in [1.54, 1.807) is 7.11 Å². The number of amides is 1. The topological polar surface area (TPSA) is 58.8 Å². The third-order valence-electron chi connectivity index (χ3n) is 6.42. The standard InChI is InChI=1S/C23H31N3O3/c1-17-6-8-19(9-7-17)21-24-20(18(2)29-21)16-26-13-5-11-23(26)10-4-12-25(22(23)27)14-15-28-3/h6-9H,4-5,10-16H2,1-3H3. The molecule has 6 heteroatoms. The second-order valence-corrected chi connectivity index (χ2v) is 8.33. The minimum absolute atomic E-state index is 0.262. The molecular weight excluding hydrogens is 366 g/mol. The summed E-state index contributed by atoms with van der Waals surface area (Å²) >= 11 is 0. The first-order valence-corrected chi connectivity index (χ1v) is 10.6. The molecule has 1 atom stereocenters. The summed E-state index contributed by atoms with van der Waals surface area (Å²) in [5.41, 5.74) is 2.75. The maximum Gasteiger partial charge on any atom is 0.243 e. The summed E-state index contributed by atoms with van der Waals surface area (Å²) in [4.78, 5) is 22.5. The van der Waals surface area contributed by atoms with E-state index in [1.165, 1.54) is 5.56 Å². The van der Waals surface area contributed by atoms with Gasteiger partial charge >= 0.3 is 0 Å². The van der Waals surface area contributed by atoms with Crippen molar-refractivity contribution in [2.45, 2.75) is 51.6 Å². The number of methoxy groups -OCH3 is 1.